The minimum atomic E-state index is 0.765. The van der Waals surface area contributed by atoms with Crippen LogP contribution in [0.3, 0.4) is 0 Å². The van der Waals surface area contributed by atoms with Crippen LogP contribution in [-0.2, 0) is 0 Å². The fourth-order valence-electron chi connectivity index (χ4n) is 1.87. The van der Waals surface area contributed by atoms with Crippen molar-refractivity contribution in [2.75, 3.05) is 0 Å². The van der Waals surface area contributed by atoms with Crippen LogP contribution in [0.25, 0.3) is 22.6 Å². The number of H-pyrrole nitrogens is 1. The molecule has 0 saturated heterocycles. The van der Waals surface area contributed by atoms with Gasteiger partial charge in [0.25, 0.3) is 0 Å². The SMILES string of the molecule is Cc1ccc(-c2nc3ncccc3[nH]2)cc1C. The van der Waals surface area contributed by atoms with Gasteiger partial charge in [-0.25, -0.2) is 9.97 Å². The summed E-state index contributed by atoms with van der Waals surface area (Å²) in [5, 5.41) is 0. The molecular weight excluding hydrogens is 210 g/mol. The van der Waals surface area contributed by atoms with Crippen molar-refractivity contribution in [3.05, 3.63) is 47.7 Å². The van der Waals surface area contributed by atoms with Crippen LogP contribution >= 0.6 is 0 Å². The summed E-state index contributed by atoms with van der Waals surface area (Å²) in [5.74, 6) is 0.877. The zero-order valence-electron chi connectivity index (χ0n) is 9.86. The third-order valence-electron chi connectivity index (χ3n) is 3.04. The number of rotatable bonds is 1. The lowest BCUT2D eigenvalue weighted by atomic mass is 10.1. The Morgan fingerprint density at radius 2 is 1.94 bits per heavy atom. The van der Waals surface area contributed by atoms with Gasteiger partial charge < -0.3 is 4.98 Å². The third-order valence-corrected chi connectivity index (χ3v) is 3.04. The minimum Gasteiger partial charge on any atom is -0.337 e. The number of hydrogen-bond acceptors (Lipinski definition) is 2. The highest BCUT2D eigenvalue weighted by Crippen LogP contribution is 2.21. The van der Waals surface area contributed by atoms with E-state index in [1.54, 1.807) is 6.20 Å². The second-order valence-corrected chi connectivity index (χ2v) is 4.26. The van der Waals surface area contributed by atoms with Crippen molar-refractivity contribution in [3.8, 4) is 11.4 Å². The molecule has 3 heteroatoms. The van der Waals surface area contributed by atoms with Crippen LogP contribution in [0.1, 0.15) is 11.1 Å². The van der Waals surface area contributed by atoms with Gasteiger partial charge >= 0.3 is 0 Å². The van der Waals surface area contributed by atoms with Crippen LogP contribution in [0.4, 0.5) is 0 Å². The number of nitrogens with one attached hydrogen (secondary N) is 1. The fourth-order valence-corrected chi connectivity index (χ4v) is 1.87. The molecule has 2 aromatic heterocycles. The van der Waals surface area contributed by atoms with Gasteiger partial charge in [-0.05, 0) is 43.2 Å². The van der Waals surface area contributed by atoms with Gasteiger partial charge in [-0.3, -0.25) is 0 Å². The standard InChI is InChI=1S/C14H13N3/c1-9-5-6-11(8-10(9)2)13-16-12-4-3-7-15-14(12)17-13/h3-8H,1-2H3,(H,15,16,17). The van der Waals surface area contributed by atoms with E-state index < -0.39 is 0 Å². The first-order chi connectivity index (χ1) is 8.24. The Hall–Kier alpha value is -2.16. The monoisotopic (exact) mass is 223 g/mol. The number of benzene rings is 1. The summed E-state index contributed by atoms with van der Waals surface area (Å²) in [5.41, 5.74) is 5.41. The zero-order valence-corrected chi connectivity index (χ0v) is 9.86. The second-order valence-electron chi connectivity index (χ2n) is 4.26. The fraction of sp³-hybridized carbons (Fsp3) is 0.143. The molecule has 3 rings (SSSR count). The van der Waals surface area contributed by atoms with E-state index in [0.29, 0.717) is 0 Å². The molecule has 0 fully saturated rings. The molecule has 84 valence electrons. The molecule has 3 aromatic rings. The van der Waals surface area contributed by atoms with Crippen molar-refractivity contribution in [1.82, 2.24) is 15.0 Å². The molecule has 1 aromatic carbocycles. The van der Waals surface area contributed by atoms with Gasteiger partial charge in [-0.2, -0.15) is 0 Å². The number of aromatic nitrogens is 3. The molecule has 17 heavy (non-hydrogen) atoms. The lowest BCUT2D eigenvalue weighted by Gasteiger charge is -2.01. The van der Waals surface area contributed by atoms with Gasteiger partial charge in [0, 0.05) is 11.8 Å². The number of pyridine rings is 1. The molecule has 0 unspecified atom stereocenters. The highest BCUT2D eigenvalue weighted by atomic mass is 15.0. The molecule has 0 spiro atoms. The highest BCUT2D eigenvalue weighted by Gasteiger charge is 2.06. The summed E-state index contributed by atoms with van der Waals surface area (Å²) in [6.45, 7) is 4.22. The first kappa shape index (κ1) is 10.0. The van der Waals surface area contributed by atoms with Crippen LogP contribution in [0.2, 0.25) is 0 Å². The van der Waals surface area contributed by atoms with Crippen molar-refractivity contribution in [1.29, 1.82) is 0 Å². The van der Waals surface area contributed by atoms with E-state index in [2.05, 4.69) is 47.0 Å². The van der Waals surface area contributed by atoms with Crippen LogP contribution in [-0.4, -0.2) is 15.0 Å². The summed E-state index contributed by atoms with van der Waals surface area (Å²) in [6, 6.07) is 10.2. The molecule has 1 N–H and O–H groups in total. The average Bonchev–Trinajstić information content (AvgIpc) is 2.76. The van der Waals surface area contributed by atoms with Crippen molar-refractivity contribution >= 4 is 11.2 Å². The van der Waals surface area contributed by atoms with E-state index in [1.807, 2.05) is 12.1 Å². The largest absolute Gasteiger partial charge is 0.337 e. The zero-order chi connectivity index (χ0) is 11.8. The molecule has 0 radical (unpaired) electrons. The van der Waals surface area contributed by atoms with Crippen molar-refractivity contribution in [2.24, 2.45) is 0 Å². The van der Waals surface area contributed by atoms with Crippen LogP contribution in [0.15, 0.2) is 36.5 Å². The van der Waals surface area contributed by atoms with E-state index in [9.17, 15) is 0 Å². The number of fused-ring (bicyclic) bond motifs is 1. The number of aromatic amines is 1. The summed E-state index contributed by atoms with van der Waals surface area (Å²) in [4.78, 5) is 12.0. The van der Waals surface area contributed by atoms with Gasteiger partial charge in [0.15, 0.2) is 5.65 Å². The summed E-state index contributed by atoms with van der Waals surface area (Å²) in [6.07, 6.45) is 1.76. The van der Waals surface area contributed by atoms with Gasteiger partial charge in [0.2, 0.25) is 0 Å². The Kier molecular flexibility index (Phi) is 2.18. The average molecular weight is 223 g/mol. The lowest BCUT2D eigenvalue weighted by Crippen LogP contribution is -1.84. The molecule has 0 bridgehead atoms. The van der Waals surface area contributed by atoms with E-state index >= 15 is 0 Å². The van der Waals surface area contributed by atoms with Gasteiger partial charge in [-0.15, -0.1) is 0 Å². The van der Waals surface area contributed by atoms with Gasteiger partial charge in [0.05, 0.1) is 5.52 Å². The number of aryl methyl sites for hydroxylation is 2. The Morgan fingerprint density at radius 3 is 2.71 bits per heavy atom. The van der Waals surface area contributed by atoms with Crippen LogP contribution in [0.5, 0.6) is 0 Å². The van der Waals surface area contributed by atoms with E-state index in [4.69, 9.17) is 0 Å². The van der Waals surface area contributed by atoms with Gasteiger partial charge in [0.1, 0.15) is 5.82 Å². The van der Waals surface area contributed by atoms with Crippen LogP contribution < -0.4 is 0 Å². The molecule has 2 heterocycles. The molecule has 0 atom stereocenters. The number of imidazole rings is 1. The Labute approximate surface area is 99.5 Å². The van der Waals surface area contributed by atoms with E-state index in [1.165, 1.54) is 11.1 Å². The normalized spacial score (nSPS) is 10.9. The quantitative estimate of drug-likeness (QED) is 0.688. The van der Waals surface area contributed by atoms with Crippen molar-refractivity contribution < 1.29 is 0 Å². The first-order valence-corrected chi connectivity index (χ1v) is 5.62. The summed E-state index contributed by atoms with van der Waals surface area (Å²) < 4.78 is 0. The molecule has 0 amide bonds. The van der Waals surface area contributed by atoms with E-state index in [-0.39, 0.29) is 0 Å². The summed E-state index contributed by atoms with van der Waals surface area (Å²) in [7, 11) is 0. The number of hydrogen-bond donors (Lipinski definition) is 1. The molecule has 0 aliphatic carbocycles. The Morgan fingerprint density at radius 1 is 1.06 bits per heavy atom. The summed E-state index contributed by atoms with van der Waals surface area (Å²) >= 11 is 0. The molecule has 3 nitrogen and oxygen atoms in total. The molecule has 0 saturated carbocycles. The minimum absolute atomic E-state index is 0.765. The highest BCUT2D eigenvalue weighted by molar-refractivity contribution is 5.75. The van der Waals surface area contributed by atoms with E-state index in [0.717, 1.165) is 22.6 Å². The third kappa shape index (κ3) is 1.69. The predicted molar refractivity (Wildman–Crippen MR) is 68.8 cm³/mol. The maximum atomic E-state index is 4.49. The smallest absolute Gasteiger partial charge is 0.178 e. The van der Waals surface area contributed by atoms with Crippen molar-refractivity contribution in [2.45, 2.75) is 13.8 Å². The predicted octanol–water partition coefficient (Wildman–Crippen LogP) is 3.24. The Bertz CT molecular complexity index is 650. The molecule has 0 aliphatic heterocycles. The molecular formula is C14H13N3. The maximum Gasteiger partial charge on any atom is 0.178 e. The van der Waals surface area contributed by atoms with Gasteiger partial charge in [-0.1, -0.05) is 12.1 Å². The Balaban J connectivity index is 2.17. The van der Waals surface area contributed by atoms with Crippen LogP contribution in [0, 0.1) is 13.8 Å². The van der Waals surface area contributed by atoms with Crippen molar-refractivity contribution in [3.63, 3.8) is 0 Å². The topological polar surface area (TPSA) is 41.6 Å². The number of nitrogens with zero attached hydrogens (tertiary/aromatic N) is 2. The first-order valence-electron chi connectivity index (χ1n) is 5.62. The molecule has 0 aliphatic rings. The maximum absolute atomic E-state index is 4.49. The lowest BCUT2D eigenvalue weighted by molar-refractivity contribution is 1.28. The second kappa shape index (κ2) is 3.70.